The van der Waals surface area contributed by atoms with Crippen LogP contribution in [-0.4, -0.2) is 37.5 Å². The fraction of sp³-hybridized carbons (Fsp3) is 0.409. The third-order valence-corrected chi connectivity index (χ3v) is 3.70. The molecule has 0 radical (unpaired) electrons. The van der Waals surface area contributed by atoms with Crippen molar-refractivity contribution in [3.05, 3.63) is 64.4 Å². The van der Waals surface area contributed by atoms with Gasteiger partial charge in [-0.1, -0.05) is 44.5 Å². The molecular weight excluding hydrogens is 435 g/mol. The van der Waals surface area contributed by atoms with Gasteiger partial charge in [0, 0.05) is 29.0 Å². The van der Waals surface area contributed by atoms with Crippen LogP contribution >= 0.6 is 11.6 Å². The molecule has 0 saturated heterocycles. The molecule has 0 heterocycles. The van der Waals surface area contributed by atoms with Gasteiger partial charge in [0.1, 0.15) is 5.75 Å². The van der Waals surface area contributed by atoms with E-state index in [0.717, 1.165) is 12.2 Å². The molecule has 0 bridgehead atoms. The molecule has 1 aromatic rings. The number of benzene rings is 1. The number of phenolic OH excluding ortho intramolecular Hbond substituents is 1. The lowest BCUT2D eigenvalue weighted by Crippen LogP contribution is -2.22. The molecule has 31 heavy (non-hydrogen) atoms. The molecule has 1 amide bonds. The van der Waals surface area contributed by atoms with Crippen molar-refractivity contribution < 1.29 is 32.5 Å². The van der Waals surface area contributed by atoms with Crippen molar-refractivity contribution in [1.82, 2.24) is 5.32 Å². The number of methoxy groups -OCH3 is 1. The quantitative estimate of drug-likeness (QED) is 0.351. The predicted molar refractivity (Wildman–Crippen MR) is 116 cm³/mol. The number of hydrogen-bond acceptors (Lipinski definition) is 4. The molecule has 9 heteroatoms. The number of alkyl halides is 3. The lowest BCUT2D eigenvalue weighted by Gasteiger charge is -2.12. The van der Waals surface area contributed by atoms with Gasteiger partial charge in [0.25, 0.3) is 5.91 Å². The summed E-state index contributed by atoms with van der Waals surface area (Å²) >= 11 is 5.99. The molecule has 0 unspecified atom stereocenters. The van der Waals surface area contributed by atoms with Crippen LogP contribution in [0.2, 0.25) is 5.02 Å². The third kappa shape index (κ3) is 11.1. The van der Waals surface area contributed by atoms with Gasteiger partial charge in [-0.15, -0.1) is 0 Å². The number of allylic oxidation sites excluding steroid dienone is 4. The van der Waals surface area contributed by atoms with Gasteiger partial charge in [0.15, 0.2) is 0 Å². The van der Waals surface area contributed by atoms with Crippen molar-refractivity contribution in [1.29, 1.82) is 0 Å². The van der Waals surface area contributed by atoms with E-state index in [9.17, 15) is 23.1 Å². The Morgan fingerprint density at radius 2 is 1.87 bits per heavy atom. The summed E-state index contributed by atoms with van der Waals surface area (Å²) in [6, 6.07) is 2.70. The first-order chi connectivity index (χ1) is 14.5. The molecule has 0 aliphatic rings. The molecule has 2 N–H and O–H groups in total. The van der Waals surface area contributed by atoms with Crippen LogP contribution in [0.4, 0.5) is 13.2 Å². The Morgan fingerprint density at radius 3 is 2.39 bits per heavy atom. The van der Waals surface area contributed by atoms with Gasteiger partial charge in [-0.2, -0.15) is 13.2 Å². The fourth-order valence-electron chi connectivity index (χ4n) is 1.96. The Kier molecular flexibility index (Phi) is 13.6. The highest BCUT2D eigenvalue weighted by Gasteiger charge is 2.29. The van der Waals surface area contributed by atoms with Crippen LogP contribution in [0.3, 0.4) is 0 Å². The number of hydrogen-bond donors (Lipinski definition) is 2. The van der Waals surface area contributed by atoms with Gasteiger partial charge in [-0.3, -0.25) is 4.79 Å². The molecule has 0 spiro atoms. The van der Waals surface area contributed by atoms with Crippen molar-refractivity contribution in [3.63, 3.8) is 0 Å². The summed E-state index contributed by atoms with van der Waals surface area (Å²) in [5.74, 6) is -1.08. The number of carbonyl (C=O) groups excluding carboxylic acids is 1. The largest absolute Gasteiger partial charge is 0.507 e. The molecule has 1 aromatic carbocycles. The lowest BCUT2D eigenvalue weighted by atomic mass is 10.1. The highest BCUT2D eigenvalue weighted by molar-refractivity contribution is 6.31. The summed E-state index contributed by atoms with van der Waals surface area (Å²) in [6.45, 7) is 9.33. The Balaban J connectivity index is 0.00000282. The standard InChI is InChI=1S/C19H21ClF3NO4.C3H8/c1-4-15(6-5-12(2)19(21,22)23)24-18(26)16-10-14(20)9-13(17(16)25)11-28-8-7-27-3;1-3-2/h4-6,9-10,25H,2,7-8,11H2,1,3H3,(H,24,26);3H2,1-2H3/b6-5-,15-4+;. The molecule has 0 aliphatic carbocycles. The zero-order valence-corrected chi connectivity index (χ0v) is 18.9. The van der Waals surface area contributed by atoms with Crippen LogP contribution in [0.15, 0.2) is 48.2 Å². The summed E-state index contributed by atoms with van der Waals surface area (Å²) in [6.07, 6.45) is -0.122. The lowest BCUT2D eigenvalue weighted by molar-refractivity contribution is -0.0878. The second-order valence-corrected chi connectivity index (χ2v) is 6.70. The first-order valence-corrected chi connectivity index (χ1v) is 9.89. The summed E-state index contributed by atoms with van der Waals surface area (Å²) in [7, 11) is 1.51. The van der Waals surface area contributed by atoms with Gasteiger partial charge in [-0.05, 0) is 31.2 Å². The van der Waals surface area contributed by atoms with E-state index in [-0.39, 0.29) is 40.8 Å². The third-order valence-electron chi connectivity index (χ3n) is 3.48. The Hall–Kier alpha value is -2.29. The smallest absolute Gasteiger partial charge is 0.415 e. The van der Waals surface area contributed by atoms with E-state index < -0.39 is 17.7 Å². The number of ether oxygens (including phenoxy) is 2. The van der Waals surface area contributed by atoms with Crippen LogP contribution in [0.1, 0.15) is 43.1 Å². The van der Waals surface area contributed by atoms with Gasteiger partial charge in [0.2, 0.25) is 0 Å². The number of halogens is 4. The highest BCUT2D eigenvalue weighted by Crippen LogP contribution is 2.28. The Bertz CT molecular complexity index is 790. The monoisotopic (exact) mass is 463 g/mol. The number of nitrogens with one attached hydrogen (secondary N) is 1. The van der Waals surface area contributed by atoms with Crippen LogP contribution < -0.4 is 5.32 Å². The van der Waals surface area contributed by atoms with Crippen molar-refractivity contribution >= 4 is 17.5 Å². The fourth-order valence-corrected chi connectivity index (χ4v) is 2.20. The molecule has 0 aliphatic heterocycles. The minimum atomic E-state index is -4.57. The SMILES string of the molecule is C=C(/C=C\C(=C/C)NC(=O)c1cc(Cl)cc(COCCOC)c1O)C(F)(F)F.CCC. The minimum absolute atomic E-state index is 0.00217. The number of aromatic hydroxyl groups is 1. The molecule has 0 atom stereocenters. The van der Waals surface area contributed by atoms with E-state index in [2.05, 4.69) is 25.7 Å². The normalized spacial score (nSPS) is 11.8. The van der Waals surface area contributed by atoms with E-state index in [1.165, 1.54) is 38.7 Å². The highest BCUT2D eigenvalue weighted by atomic mass is 35.5. The summed E-state index contributed by atoms with van der Waals surface area (Å²) in [5, 5.41) is 12.9. The minimum Gasteiger partial charge on any atom is -0.507 e. The molecule has 5 nitrogen and oxygen atoms in total. The van der Waals surface area contributed by atoms with E-state index in [0.29, 0.717) is 6.61 Å². The Morgan fingerprint density at radius 1 is 1.26 bits per heavy atom. The van der Waals surface area contributed by atoms with Crippen LogP contribution in [0.5, 0.6) is 5.75 Å². The van der Waals surface area contributed by atoms with Crippen molar-refractivity contribution in [3.8, 4) is 5.75 Å². The Labute approximate surface area is 186 Å². The summed E-state index contributed by atoms with van der Waals surface area (Å²) < 4.78 is 47.7. The van der Waals surface area contributed by atoms with Gasteiger partial charge < -0.3 is 19.9 Å². The molecule has 0 fully saturated rings. The summed E-state index contributed by atoms with van der Waals surface area (Å²) in [4.78, 5) is 12.4. The van der Waals surface area contributed by atoms with E-state index in [1.54, 1.807) is 0 Å². The number of rotatable bonds is 9. The zero-order valence-electron chi connectivity index (χ0n) is 18.1. The van der Waals surface area contributed by atoms with E-state index in [4.69, 9.17) is 21.1 Å². The topological polar surface area (TPSA) is 67.8 Å². The van der Waals surface area contributed by atoms with Gasteiger partial charge >= 0.3 is 6.18 Å². The molecule has 0 aromatic heterocycles. The number of phenols is 1. The summed E-state index contributed by atoms with van der Waals surface area (Å²) in [5.41, 5.74) is -0.827. The van der Waals surface area contributed by atoms with Gasteiger partial charge in [0.05, 0.1) is 25.4 Å². The van der Waals surface area contributed by atoms with E-state index in [1.807, 2.05) is 0 Å². The molecule has 1 rings (SSSR count). The first-order valence-electron chi connectivity index (χ1n) is 9.51. The molecule has 0 saturated carbocycles. The zero-order chi connectivity index (χ0) is 24.0. The average molecular weight is 464 g/mol. The predicted octanol–water partition coefficient (Wildman–Crippen LogP) is 5.93. The van der Waals surface area contributed by atoms with Crippen LogP contribution in [-0.2, 0) is 16.1 Å². The van der Waals surface area contributed by atoms with Crippen molar-refractivity contribution in [2.24, 2.45) is 0 Å². The van der Waals surface area contributed by atoms with Gasteiger partial charge in [-0.25, -0.2) is 0 Å². The number of carbonyl (C=O) groups is 1. The number of amides is 1. The molecule has 174 valence electrons. The maximum absolute atomic E-state index is 12.5. The van der Waals surface area contributed by atoms with E-state index >= 15 is 0 Å². The first kappa shape index (κ1) is 28.7. The molecular formula is C22H29ClF3NO4. The second kappa shape index (κ2) is 14.7. The van der Waals surface area contributed by atoms with Crippen LogP contribution in [0.25, 0.3) is 0 Å². The van der Waals surface area contributed by atoms with Crippen molar-refractivity contribution in [2.75, 3.05) is 20.3 Å². The maximum Gasteiger partial charge on any atom is 0.415 e. The maximum atomic E-state index is 12.5. The average Bonchev–Trinajstić information content (AvgIpc) is 2.69. The van der Waals surface area contributed by atoms with Crippen LogP contribution in [0, 0.1) is 0 Å². The second-order valence-electron chi connectivity index (χ2n) is 6.27. The van der Waals surface area contributed by atoms with Crippen molar-refractivity contribution in [2.45, 2.75) is 40.0 Å².